The van der Waals surface area contributed by atoms with Crippen molar-refractivity contribution in [3.8, 4) is 5.69 Å². The fourth-order valence-electron chi connectivity index (χ4n) is 2.21. The Labute approximate surface area is 105 Å². The highest BCUT2D eigenvalue weighted by atomic mass is 16.5. The average molecular weight is 239 g/mol. The van der Waals surface area contributed by atoms with E-state index in [1.54, 1.807) is 6.20 Å². The molecule has 0 fully saturated rings. The van der Waals surface area contributed by atoms with Crippen LogP contribution in [0, 0.1) is 19.1 Å². The van der Waals surface area contributed by atoms with E-state index in [9.17, 15) is 5.21 Å². The lowest BCUT2D eigenvalue weighted by molar-refractivity contribution is -0.577. The Bertz CT molecular complexity index is 717. The van der Waals surface area contributed by atoms with Crippen LogP contribution >= 0.6 is 0 Å². The van der Waals surface area contributed by atoms with Crippen LogP contribution in [0.4, 0.5) is 0 Å². The molecule has 2 aromatic heterocycles. The standard InChI is InChI=1S/C14H13N3O/c1-10-8-13-14(16(18)9-10)11(2)15-17(13)12-6-4-3-5-7-12/h3-9H,1-2H3. The maximum atomic E-state index is 11.9. The maximum Gasteiger partial charge on any atom is 0.265 e. The number of fused-ring (bicyclic) bond motifs is 1. The van der Waals surface area contributed by atoms with Crippen LogP contribution in [0.1, 0.15) is 11.3 Å². The third-order valence-electron chi connectivity index (χ3n) is 2.97. The van der Waals surface area contributed by atoms with E-state index in [0.717, 1.165) is 27.2 Å². The summed E-state index contributed by atoms with van der Waals surface area (Å²) in [5.74, 6) is 0. The molecule has 0 saturated carbocycles. The monoisotopic (exact) mass is 239 g/mol. The number of nitrogens with zero attached hydrogens (tertiary/aromatic N) is 3. The summed E-state index contributed by atoms with van der Waals surface area (Å²) in [6.45, 7) is 3.76. The molecule has 4 nitrogen and oxygen atoms in total. The third-order valence-corrected chi connectivity index (χ3v) is 2.97. The number of hydrogen-bond acceptors (Lipinski definition) is 2. The van der Waals surface area contributed by atoms with Crippen molar-refractivity contribution in [2.45, 2.75) is 13.8 Å². The van der Waals surface area contributed by atoms with Crippen LogP contribution in [0.2, 0.25) is 0 Å². The number of para-hydroxylation sites is 1. The first-order chi connectivity index (χ1) is 8.66. The summed E-state index contributed by atoms with van der Waals surface area (Å²) in [6, 6.07) is 11.8. The number of aryl methyl sites for hydroxylation is 2. The van der Waals surface area contributed by atoms with Crippen molar-refractivity contribution in [3.63, 3.8) is 0 Å². The van der Waals surface area contributed by atoms with Crippen molar-refractivity contribution in [1.29, 1.82) is 0 Å². The number of aromatic nitrogens is 3. The average Bonchev–Trinajstić information content (AvgIpc) is 2.67. The Morgan fingerprint density at radius 3 is 2.61 bits per heavy atom. The molecule has 0 aliphatic carbocycles. The highest BCUT2D eigenvalue weighted by Gasteiger charge is 2.16. The molecule has 4 heteroatoms. The Morgan fingerprint density at radius 2 is 1.89 bits per heavy atom. The molecule has 0 N–H and O–H groups in total. The van der Waals surface area contributed by atoms with E-state index in [-0.39, 0.29) is 0 Å². The summed E-state index contributed by atoms with van der Waals surface area (Å²) in [4.78, 5) is 0. The molecule has 0 spiro atoms. The Hall–Kier alpha value is -2.36. The van der Waals surface area contributed by atoms with Crippen LogP contribution in [0.25, 0.3) is 16.7 Å². The second-order valence-electron chi connectivity index (χ2n) is 4.41. The van der Waals surface area contributed by atoms with Gasteiger partial charge < -0.3 is 5.21 Å². The van der Waals surface area contributed by atoms with Gasteiger partial charge in [-0.3, -0.25) is 0 Å². The highest BCUT2D eigenvalue weighted by Crippen LogP contribution is 2.19. The molecule has 0 unspecified atom stereocenters. The van der Waals surface area contributed by atoms with Crippen LogP contribution in [-0.2, 0) is 0 Å². The number of benzene rings is 1. The lowest BCUT2D eigenvalue weighted by Gasteiger charge is -2.03. The van der Waals surface area contributed by atoms with Crippen molar-refractivity contribution in [1.82, 2.24) is 9.78 Å². The zero-order chi connectivity index (χ0) is 12.7. The molecule has 1 aromatic carbocycles. The largest absolute Gasteiger partial charge is 0.618 e. The van der Waals surface area contributed by atoms with Gasteiger partial charge in [-0.05, 0) is 32.0 Å². The van der Waals surface area contributed by atoms with E-state index >= 15 is 0 Å². The normalized spacial score (nSPS) is 11.0. The Balaban J connectivity index is 2.38. The molecular formula is C14H13N3O. The van der Waals surface area contributed by atoms with Gasteiger partial charge in [0.15, 0.2) is 6.20 Å². The summed E-state index contributed by atoms with van der Waals surface area (Å²) in [5, 5.41) is 16.4. The molecule has 0 radical (unpaired) electrons. The molecule has 0 amide bonds. The molecule has 90 valence electrons. The van der Waals surface area contributed by atoms with Crippen LogP contribution < -0.4 is 4.73 Å². The van der Waals surface area contributed by atoms with Crippen molar-refractivity contribution in [3.05, 3.63) is 59.1 Å². The first-order valence-electron chi connectivity index (χ1n) is 5.81. The van der Waals surface area contributed by atoms with Crippen LogP contribution in [0.5, 0.6) is 0 Å². The first-order valence-corrected chi connectivity index (χ1v) is 5.81. The number of rotatable bonds is 1. The minimum atomic E-state index is 0.629. The predicted octanol–water partition coefficient (Wildman–Crippen LogP) is 2.28. The molecule has 0 saturated heterocycles. The molecule has 0 aliphatic rings. The number of hydrogen-bond donors (Lipinski definition) is 0. The summed E-state index contributed by atoms with van der Waals surface area (Å²) in [5.41, 5.74) is 4.10. The maximum absolute atomic E-state index is 11.9. The van der Waals surface area contributed by atoms with Gasteiger partial charge in [0.1, 0.15) is 11.2 Å². The Kier molecular flexibility index (Phi) is 2.30. The zero-order valence-corrected chi connectivity index (χ0v) is 10.3. The topological polar surface area (TPSA) is 44.8 Å². The van der Waals surface area contributed by atoms with Crippen molar-refractivity contribution in [2.24, 2.45) is 0 Å². The summed E-state index contributed by atoms with van der Waals surface area (Å²) in [6.07, 6.45) is 1.58. The minimum Gasteiger partial charge on any atom is -0.618 e. The van der Waals surface area contributed by atoms with Gasteiger partial charge in [0.2, 0.25) is 0 Å². The van der Waals surface area contributed by atoms with Gasteiger partial charge in [-0.1, -0.05) is 18.2 Å². The summed E-state index contributed by atoms with van der Waals surface area (Å²) >= 11 is 0. The van der Waals surface area contributed by atoms with E-state index < -0.39 is 0 Å². The molecule has 0 atom stereocenters. The molecule has 0 bridgehead atoms. The van der Waals surface area contributed by atoms with Gasteiger partial charge in [-0.2, -0.15) is 9.83 Å². The minimum absolute atomic E-state index is 0.629. The van der Waals surface area contributed by atoms with Crippen molar-refractivity contribution >= 4 is 11.0 Å². The lowest BCUT2D eigenvalue weighted by atomic mass is 10.2. The first kappa shape index (κ1) is 10.8. The van der Waals surface area contributed by atoms with Gasteiger partial charge >= 0.3 is 0 Å². The predicted molar refractivity (Wildman–Crippen MR) is 69.5 cm³/mol. The SMILES string of the molecule is Cc1cc2c(c(C)nn2-c2ccccc2)[n+]([O-])c1. The zero-order valence-electron chi connectivity index (χ0n) is 10.3. The van der Waals surface area contributed by atoms with Gasteiger partial charge in [0.25, 0.3) is 5.52 Å². The lowest BCUT2D eigenvalue weighted by Crippen LogP contribution is -2.27. The van der Waals surface area contributed by atoms with Crippen molar-refractivity contribution in [2.75, 3.05) is 0 Å². The van der Waals surface area contributed by atoms with Gasteiger partial charge in [-0.15, -0.1) is 0 Å². The van der Waals surface area contributed by atoms with Crippen LogP contribution in [0.15, 0.2) is 42.6 Å². The molecule has 2 heterocycles. The van der Waals surface area contributed by atoms with Gasteiger partial charge in [0, 0.05) is 5.56 Å². The van der Waals surface area contributed by atoms with Gasteiger partial charge in [-0.25, -0.2) is 4.68 Å². The van der Waals surface area contributed by atoms with Crippen LogP contribution in [0.3, 0.4) is 0 Å². The Morgan fingerprint density at radius 1 is 1.17 bits per heavy atom. The molecule has 3 aromatic rings. The van der Waals surface area contributed by atoms with E-state index in [2.05, 4.69) is 5.10 Å². The molecule has 0 aliphatic heterocycles. The van der Waals surface area contributed by atoms with Gasteiger partial charge in [0.05, 0.1) is 5.69 Å². The smallest absolute Gasteiger partial charge is 0.265 e. The van der Waals surface area contributed by atoms with E-state index in [1.807, 2.05) is 54.9 Å². The summed E-state index contributed by atoms with van der Waals surface area (Å²) < 4.78 is 2.71. The molecule has 18 heavy (non-hydrogen) atoms. The third kappa shape index (κ3) is 1.54. The fourth-order valence-corrected chi connectivity index (χ4v) is 2.21. The van der Waals surface area contributed by atoms with E-state index in [4.69, 9.17) is 0 Å². The second-order valence-corrected chi connectivity index (χ2v) is 4.41. The quantitative estimate of drug-likeness (QED) is 0.483. The fraction of sp³-hybridized carbons (Fsp3) is 0.143. The van der Waals surface area contributed by atoms with E-state index in [0.29, 0.717) is 5.52 Å². The van der Waals surface area contributed by atoms with E-state index in [1.165, 1.54) is 0 Å². The second kappa shape index (κ2) is 3.84. The molecule has 3 rings (SSSR count). The highest BCUT2D eigenvalue weighted by molar-refractivity contribution is 5.76. The van der Waals surface area contributed by atoms with Crippen LogP contribution in [-0.4, -0.2) is 9.78 Å². The molecular weight excluding hydrogens is 226 g/mol. The number of pyridine rings is 1. The summed E-state index contributed by atoms with van der Waals surface area (Å²) in [7, 11) is 0. The van der Waals surface area contributed by atoms with Crippen molar-refractivity contribution < 1.29 is 4.73 Å².